The summed E-state index contributed by atoms with van der Waals surface area (Å²) in [7, 11) is 0. The molecule has 1 N–H and O–H groups in total. The lowest BCUT2D eigenvalue weighted by Crippen LogP contribution is -1.91. The standard InChI is InChI=1S/C10H11N2O/c1-3-13-10-8-6-7(2)4-5-9(8)11-12-10/h4-6H,2-3H2,1H3,(H,11,12). The molecule has 2 aromatic rings. The maximum Gasteiger partial charge on any atom is 0.240 e. The van der Waals surface area contributed by atoms with Crippen LogP contribution in [0.5, 0.6) is 5.88 Å². The molecule has 0 aliphatic carbocycles. The second-order valence-corrected chi connectivity index (χ2v) is 2.84. The molecule has 3 nitrogen and oxygen atoms in total. The van der Waals surface area contributed by atoms with Gasteiger partial charge in [0.1, 0.15) is 0 Å². The summed E-state index contributed by atoms with van der Waals surface area (Å²) in [5.74, 6) is 0.656. The molecule has 0 bridgehead atoms. The topological polar surface area (TPSA) is 37.9 Å². The Hall–Kier alpha value is -1.51. The van der Waals surface area contributed by atoms with Crippen LogP contribution in [0.3, 0.4) is 0 Å². The maximum absolute atomic E-state index is 5.34. The van der Waals surface area contributed by atoms with Crippen LogP contribution in [0.15, 0.2) is 18.2 Å². The second-order valence-electron chi connectivity index (χ2n) is 2.84. The zero-order chi connectivity index (χ0) is 9.26. The Morgan fingerprint density at radius 3 is 3.15 bits per heavy atom. The van der Waals surface area contributed by atoms with Gasteiger partial charge in [0.15, 0.2) is 0 Å². The Morgan fingerprint density at radius 1 is 1.54 bits per heavy atom. The zero-order valence-corrected chi connectivity index (χ0v) is 7.50. The van der Waals surface area contributed by atoms with Crippen molar-refractivity contribution in [3.63, 3.8) is 0 Å². The molecule has 1 aromatic heterocycles. The maximum atomic E-state index is 5.34. The minimum absolute atomic E-state index is 0.626. The van der Waals surface area contributed by atoms with Gasteiger partial charge in [-0.1, -0.05) is 6.07 Å². The Labute approximate surface area is 76.7 Å². The lowest BCUT2D eigenvalue weighted by Gasteiger charge is -1.97. The monoisotopic (exact) mass is 175 g/mol. The molecule has 2 rings (SSSR count). The molecule has 0 aliphatic rings. The van der Waals surface area contributed by atoms with Crippen LogP contribution in [0.1, 0.15) is 12.5 Å². The summed E-state index contributed by atoms with van der Waals surface area (Å²) < 4.78 is 5.34. The highest BCUT2D eigenvalue weighted by atomic mass is 16.5. The van der Waals surface area contributed by atoms with Gasteiger partial charge in [0, 0.05) is 0 Å². The molecule has 67 valence electrons. The van der Waals surface area contributed by atoms with Gasteiger partial charge >= 0.3 is 0 Å². The quantitative estimate of drug-likeness (QED) is 0.759. The van der Waals surface area contributed by atoms with E-state index in [1.807, 2.05) is 25.1 Å². The molecule has 0 aliphatic heterocycles. The van der Waals surface area contributed by atoms with E-state index in [0.29, 0.717) is 12.5 Å². The van der Waals surface area contributed by atoms with Gasteiger partial charge in [-0.25, -0.2) is 0 Å². The average molecular weight is 175 g/mol. The van der Waals surface area contributed by atoms with E-state index >= 15 is 0 Å². The fraction of sp³-hybridized carbons (Fsp3) is 0.200. The van der Waals surface area contributed by atoms with Crippen LogP contribution < -0.4 is 4.74 Å². The highest BCUT2D eigenvalue weighted by Gasteiger charge is 2.04. The van der Waals surface area contributed by atoms with Crippen LogP contribution in [-0.2, 0) is 0 Å². The fourth-order valence-electron chi connectivity index (χ4n) is 1.28. The first-order chi connectivity index (χ1) is 6.31. The van der Waals surface area contributed by atoms with Crippen LogP contribution in [0.2, 0.25) is 0 Å². The third-order valence-corrected chi connectivity index (χ3v) is 1.87. The van der Waals surface area contributed by atoms with Gasteiger partial charge in [0.05, 0.1) is 17.5 Å². The van der Waals surface area contributed by atoms with Gasteiger partial charge in [0.25, 0.3) is 0 Å². The Kier molecular flexibility index (Phi) is 1.93. The minimum atomic E-state index is 0.626. The summed E-state index contributed by atoms with van der Waals surface area (Å²) in [5, 5.41) is 7.94. The molecular weight excluding hydrogens is 164 g/mol. The predicted octanol–water partition coefficient (Wildman–Crippen LogP) is 2.14. The van der Waals surface area contributed by atoms with Gasteiger partial charge < -0.3 is 4.74 Å². The van der Waals surface area contributed by atoms with Crippen molar-refractivity contribution in [2.45, 2.75) is 6.92 Å². The SMILES string of the molecule is [CH2]c1ccc2[nH]nc(OCC)c2c1. The van der Waals surface area contributed by atoms with Crippen molar-refractivity contribution in [1.29, 1.82) is 0 Å². The number of H-pyrrole nitrogens is 1. The lowest BCUT2D eigenvalue weighted by molar-refractivity contribution is 0.330. The van der Waals surface area contributed by atoms with Gasteiger partial charge in [-0.15, -0.1) is 5.10 Å². The molecule has 1 heterocycles. The number of nitrogens with one attached hydrogen (secondary N) is 1. The molecule has 0 atom stereocenters. The van der Waals surface area contributed by atoms with Crippen molar-refractivity contribution in [1.82, 2.24) is 10.2 Å². The van der Waals surface area contributed by atoms with Crippen LogP contribution in [-0.4, -0.2) is 16.8 Å². The van der Waals surface area contributed by atoms with Crippen LogP contribution in [0.25, 0.3) is 10.9 Å². The Balaban J connectivity index is 2.58. The molecular formula is C10H11N2O. The van der Waals surface area contributed by atoms with Crippen molar-refractivity contribution in [2.75, 3.05) is 6.61 Å². The van der Waals surface area contributed by atoms with Gasteiger partial charge in [-0.05, 0) is 31.5 Å². The highest BCUT2D eigenvalue weighted by molar-refractivity contribution is 5.84. The summed E-state index contributed by atoms with van der Waals surface area (Å²) >= 11 is 0. The van der Waals surface area contributed by atoms with Crippen molar-refractivity contribution in [3.8, 4) is 5.88 Å². The second kappa shape index (κ2) is 3.09. The molecule has 0 saturated carbocycles. The van der Waals surface area contributed by atoms with Crippen LogP contribution >= 0.6 is 0 Å². The summed E-state index contributed by atoms with van der Waals surface area (Å²) in [4.78, 5) is 0. The number of rotatable bonds is 2. The van der Waals surface area contributed by atoms with E-state index in [1.165, 1.54) is 0 Å². The first kappa shape index (κ1) is 8.10. The molecule has 1 aromatic carbocycles. The van der Waals surface area contributed by atoms with E-state index in [9.17, 15) is 0 Å². The third kappa shape index (κ3) is 1.37. The van der Waals surface area contributed by atoms with Crippen LogP contribution in [0, 0.1) is 6.92 Å². The molecule has 0 unspecified atom stereocenters. The smallest absolute Gasteiger partial charge is 0.240 e. The number of fused-ring (bicyclic) bond motifs is 1. The number of ether oxygens (including phenoxy) is 1. The molecule has 0 saturated heterocycles. The number of aromatic amines is 1. The van der Waals surface area contributed by atoms with E-state index < -0.39 is 0 Å². The molecule has 0 fully saturated rings. The zero-order valence-electron chi connectivity index (χ0n) is 7.50. The number of benzene rings is 1. The van der Waals surface area contributed by atoms with Crippen LogP contribution in [0.4, 0.5) is 0 Å². The highest BCUT2D eigenvalue weighted by Crippen LogP contribution is 2.23. The van der Waals surface area contributed by atoms with E-state index in [1.54, 1.807) is 0 Å². The van der Waals surface area contributed by atoms with E-state index in [0.717, 1.165) is 16.5 Å². The number of hydrogen-bond donors (Lipinski definition) is 1. The first-order valence-corrected chi connectivity index (χ1v) is 4.24. The first-order valence-electron chi connectivity index (χ1n) is 4.24. The fourth-order valence-corrected chi connectivity index (χ4v) is 1.28. The van der Waals surface area contributed by atoms with Gasteiger partial charge in [0.2, 0.25) is 5.88 Å². The van der Waals surface area contributed by atoms with Gasteiger partial charge in [-0.2, -0.15) is 0 Å². The molecule has 13 heavy (non-hydrogen) atoms. The summed E-state index contributed by atoms with van der Waals surface area (Å²) in [6.07, 6.45) is 0. The van der Waals surface area contributed by atoms with E-state index in [-0.39, 0.29) is 0 Å². The van der Waals surface area contributed by atoms with E-state index in [4.69, 9.17) is 4.74 Å². The van der Waals surface area contributed by atoms with Crippen molar-refractivity contribution < 1.29 is 4.74 Å². The number of hydrogen-bond acceptors (Lipinski definition) is 2. The molecule has 1 radical (unpaired) electrons. The Morgan fingerprint density at radius 2 is 2.38 bits per heavy atom. The molecule has 3 heteroatoms. The summed E-state index contributed by atoms with van der Waals surface area (Å²) in [6, 6.07) is 5.85. The number of nitrogens with zero attached hydrogens (tertiary/aromatic N) is 1. The largest absolute Gasteiger partial charge is 0.476 e. The van der Waals surface area contributed by atoms with Gasteiger partial charge in [-0.3, -0.25) is 5.10 Å². The van der Waals surface area contributed by atoms with Crippen molar-refractivity contribution in [3.05, 3.63) is 30.7 Å². The third-order valence-electron chi connectivity index (χ3n) is 1.87. The average Bonchev–Trinajstić information content (AvgIpc) is 2.49. The lowest BCUT2D eigenvalue weighted by atomic mass is 10.2. The van der Waals surface area contributed by atoms with Crippen molar-refractivity contribution >= 4 is 10.9 Å². The van der Waals surface area contributed by atoms with E-state index in [2.05, 4.69) is 17.1 Å². The Bertz CT molecular complexity index is 420. The number of aromatic nitrogens is 2. The van der Waals surface area contributed by atoms with Crippen molar-refractivity contribution in [2.24, 2.45) is 0 Å². The minimum Gasteiger partial charge on any atom is -0.476 e. The molecule has 0 spiro atoms. The predicted molar refractivity (Wildman–Crippen MR) is 51.7 cm³/mol. The normalized spacial score (nSPS) is 10.6. The summed E-state index contributed by atoms with van der Waals surface area (Å²) in [6.45, 7) is 6.42. The summed E-state index contributed by atoms with van der Waals surface area (Å²) in [5.41, 5.74) is 1.95. The molecule has 0 amide bonds.